The molecule has 152 valence electrons. The second-order valence-electron chi connectivity index (χ2n) is 7.51. The average Bonchev–Trinajstić information content (AvgIpc) is 3.21. The SMILES string of the molecule is CNCc1ccc(-c2ncc(SC)cc2-c2cnn(CCC(C)C)c2)cc1C=O. The van der Waals surface area contributed by atoms with Crippen LogP contribution < -0.4 is 5.32 Å². The van der Waals surface area contributed by atoms with E-state index in [0.29, 0.717) is 18.0 Å². The van der Waals surface area contributed by atoms with Crippen molar-refractivity contribution in [3.05, 3.63) is 54.0 Å². The minimum Gasteiger partial charge on any atom is -0.316 e. The zero-order valence-corrected chi connectivity index (χ0v) is 18.3. The molecule has 6 heteroatoms. The highest BCUT2D eigenvalue weighted by molar-refractivity contribution is 7.98. The van der Waals surface area contributed by atoms with Gasteiger partial charge in [-0.25, -0.2) is 0 Å². The molecule has 0 aliphatic carbocycles. The predicted octanol–water partition coefficient (Wildman–Crippen LogP) is 4.91. The Labute approximate surface area is 176 Å². The second-order valence-corrected chi connectivity index (χ2v) is 8.39. The summed E-state index contributed by atoms with van der Waals surface area (Å²) < 4.78 is 2.00. The molecular formula is C23H28N4OS. The van der Waals surface area contributed by atoms with Crippen molar-refractivity contribution in [2.75, 3.05) is 13.3 Å². The standard InChI is InChI=1S/C23H28N4OS/c1-16(2)7-8-27-14-20(12-26-27)22-10-21(29-4)13-25-23(22)17-5-6-18(11-24-3)19(9-17)15-28/h5-6,9-10,12-16,24H,7-8,11H2,1-4H3. The van der Waals surface area contributed by atoms with Gasteiger partial charge in [-0.05, 0) is 43.3 Å². The van der Waals surface area contributed by atoms with Crippen LogP contribution in [0, 0.1) is 5.92 Å². The van der Waals surface area contributed by atoms with Gasteiger partial charge in [-0.1, -0.05) is 26.0 Å². The van der Waals surface area contributed by atoms with Gasteiger partial charge in [-0.2, -0.15) is 5.10 Å². The Morgan fingerprint density at radius 1 is 1.21 bits per heavy atom. The van der Waals surface area contributed by atoms with E-state index < -0.39 is 0 Å². The van der Waals surface area contributed by atoms with Gasteiger partial charge < -0.3 is 5.32 Å². The Hall–Kier alpha value is -2.44. The van der Waals surface area contributed by atoms with Crippen LogP contribution in [0.25, 0.3) is 22.4 Å². The monoisotopic (exact) mass is 408 g/mol. The molecule has 2 heterocycles. The first kappa shape index (κ1) is 21.3. The third-order valence-electron chi connectivity index (χ3n) is 4.89. The van der Waals surface area contributed by atoms with Crippen LogP contribution in [-0.2, 0) is 13.1 Å². The highest BCUT2D eigenvalue weighted by Gasteiger charge is 2.14. The van der Waals surface area contributed by atoms with Crippen LogP contribution in [0.1, 0.15) is 36.2 Å². The molecule has 0 bridgehead atoms. The van der Waals surface area contributed by atoms with Crippen LogP contribution in [0.5, 0.6) is 0 Å². The number of hydrogen-bond acceptors (Lipinski definition) is 5. The summed E-state index contributed by atoms with van der Waals surface area (Å²) in [4.78, 5) is 17.4. The zero-order valence-electron chi connectivity index (χ0n) is 17.5. The molecule has 29 heavy (non-hydrogen) atoms. The number of pyridine rings is 1. The van der Waals surface area contributed by atoms with Crippen molar-refractivity contribution in [1.82, 2.24) is 20.1 Å². The number of carbonyl (C=O) groups excluding carboxylic acids is 1. The Balaban J connectivity index is 2.04. The topological polar surface area (TPSA) is 59.8 Å². The molecule has 0 aliphatic heterocycles. The minimum absolute atomic E-state index is 0.637. The number of nitrogens with zero attached hydrogens (tertiary/aromatic N) is 3. The van der Waals surface area contributed by atoms with Gasteiger partial charge in [0.25, 0.3) is 0 Å². The molecule has 0 atom stereocenters. The normalized spacial score (nSPS) is 11.2. The molecule has 0 fully saturated rings. The lowest BCUT2D eigenvalue weighted by Crippen LogP contribution is -2.07. The molecule has 1 N–H and O–H groups in total. The fourth-order valence-corrected chi connectivity index (χ4v) is 3.62. The lowest BCUT2D eigenvalue weighted by Gasteiger charge is -2.12. The Bertz CT molecular complexity index is 981. The number of rotatable bonds is 9. The van der Waals surface area contributed by atoms with E-state index in [-0.39, 0.29) is 0 Å². The van der Waals surface area contributed by atoms with Crippen LogP contribution in [0.3, 0.4) is 0 Å². The van der Waals surface area contributed by atoms with Crippen molar-refractivity contribution in [2.45, 2.75) is 38.3 Å². The van der Waals surface area contributed by atoms with Gasteiger partial charge in [-0.15, -0.1) is 11.8 Å². The van der Waals surface area contributed by atoms with Crippen molar-refractivity contribution < 1.29 is 4.79 Å². The minimum atomic E-state index is 0.637. The van der Waals surface area contributed by atoms with Crippen molar-refractivity contribution in [1.29, 1.82) is 0 Å². The highest BCUT2D eigenvalue weighted by atomic mass is 32.2. The molecule has 5 nitrogen and oxygen atoms in total. The maximum absolute atomic E-state index is 11.6. The van der Waals surface area contributed by atoms with E-state index in [1.165, 1.54) is 0 Å². The maximum Gasteiger partial charge on any atom is 0.150 e. The Kier molecular flexibility index (Phi) is 7.23. The lowest BCUT2D eigenvalue weighted by atomic mass is 9.98. The third kappa shape index (κ3) is 5.14. The number of benzene rings is 1. The number of aromatic nitrogens is 3. The van der Waals surface area contributed by atoms with Gasteiger partial charge in [0.2, 0.25) is 0 Å². The van der Waals surface area contributed by atoms with Crippen molar-refractivity contribution in [2.24, 2.45) is 5.92 Å². The summed E-state index contributed by atoms with van der Waals surface area (Å²) in [5.74, 6) is 0.637. The molecule has 0 aliphatic rings. The summed E-state index contributed by atoms with van der Waals surface area (Å²) in [6, 6.07) is 8.11. The summed E-state index contributed by atoms with van der Waals surface area (Å²) in [7, 11) is 1.88. The van der Waals surface area contributed by atoms with Crippen LogP contribution in [0.2, 0.25) is 0 Å². The summed E-state index contributed by atoms with van der Waals surface area (Å²) in [6.45, 7) is 5.99. The fourth-order valence-electron chi connectivity index (χ4n) is 3.23. The van der Waals surface area contributed by atoms with E-state index in [1.807, 2.05) is 48.6 Å². The zero-order chi connectivity index (χ0) is 20.8. The first-order valence-corrected chi connectivity index (χ1v) is 11.1. The van der Waals surface area contributed by atoms with E-state index in [4.69, 9.17) is 4.98 Å². The highest BCUT2D eigenvalue weighted by Crippen LogP contribution is 2.33. The number of aryl methyl sites for hydroxylation is 1. The van der Waals surface area contributed by atoms with E-state index in [1.54, 1.807) is 11.8 Å². The number of hydrogen-bond donors (Lipinski definition) is 1. The van der Waals surface area contributed by atoms with Crippen LogP contribution in [0.4, 0.5) is 0 Å². The number of thioether (sulfide) groups is 1. The van der Waals surface area contributed by atoms with Gasteiger partial charge in [0.15, 0.2) is 0 Å². The molecule has 0 saturated carbocycles. The summed E-state index contributed by atoms with van der Waals surface area (Å²) >= 11 is 1.67. The molecular weight excluding hydrogens is 380 g/mol. The number of aldehydes is 1. The van der Waals surface area contributed by atoms with E-state index in [9.17, 15) is 4.79 Å². The first-order valence-electron chi connectivity index (χ1n) is 9.85. The fraction of sp³-hybridized carbons (Fsp3) is 0.348. The van der Waals surface area contributed by atoms with Crippen LogP contribution in [0.15, 0.2) is 47.8 Å². The molecule has 3 aromatic rings. The first-order chi connectivity index (χ1) is 14.0. The largest absolute Gasteiger partial charge is 0.316 e. The van der Waals surface area contributed by atoms with Gasteiger partial charge in [0.05, 0.1) is 11.9 Å². The smallest absolute Gasteiger partial charge is 0.150 e. The molecule has 1 aromatic carbocycles. The quantitative estimate of drug-likeness (QED) is 0.403. The molecule has 3 rings (SSSR count). The van der Waals surface area contributed by atoms with Crippen LogP contribution >= 0.6 is 11.8 Å². The van der Waals surface area contributed by atoms with Gasteiger partial charge in [0, 0.05) is 52.6 Å². The van der Waals surface area contributed by atoms with Gasteiger partial charge in [-0.3, -0.25) is 14.5 Å². The lowest BCUT2D eigenvalue weighted by molar-refractivity contribution is 0.112. The van der Waals surface area contributed by atoms with Crippen molar-refractivity contribution in [3.63, 3.8) is 0 Å². The van der Waals surface area contributed by atoms with E-state index >= 15 is 0 Å². The number of nitrogens with one attached hydrogen (secondary N) is 1. The van der Waals surface area contributed by atoms with Crippen molar-refractivity contribution >= 4 is 18.0 Å². The van der Waals surface area contributed by atoms with Crippen LogP contribution in [-0.4, -0.2) is 34.4 Å². The second kappa shape index (κ2) is 9.85. The predicted molar refractivity (Wildman–Crippen MR) is 120 cm³/mol. The van der Waals surface area contributed by atoms with Gasteiger partial charge in [0.1, 0.15) is 6.29 Å². The molecule has 0 amide bonds. The average molecular weight is 409 g/mol. The molecule has 0 spiro atoms. The van der Waals surface area contributed by atoms with E-state index in [0.717, 1.165) is 52.1 Å². The summed E-state index contributed by atoms with van der Waals surface area (Å²) in [5, 5.41) is 7.65. The summed E-state index contributed by atoms with van der Waals surface area (Å²) in [6.07, 6.45) is 9.92. The molecule has 2 aromatic heterocycles. The molecule has 0 saturated heterocycles. The third-order valence-corrected chi connectivity index (χ3v) is 5.59. The maximum atomic E-state index is 11.6. The number of carbonyl (C=O) groups is 1. The Morgan fingerprint density at radius 2 is 2.03 bits per heavy atom. The van der Waals surface area contributed by atoms with Gasteiger partial charge >= 0.3 is 0 Å². The Morgan fingerprint density at radius 3 is 2.72 bits per heavy atom. The summed E-state index contributed by atoms with van der Waals surface area (Å²) in [5.41, 5.74) is 5.54. The molecule has 0 radical (unpaired) electrons. The molecule has 0 unspecified atom stereocenters. The van der Waals surface area contributed by atoms with E-state index in [2.05, 4.69) is 36.5 Å². The van der Waals surface area contributed by atoms with Crippen molar-refractivity contribution in [3.8, 4) is 22.4 Å².